The quantitative estimate of drug-likeness (QED) is 0.180. The standard InChI is InChI=1S/C12H2F8O2.2C10H17NO.2Ga/c13-3-1(4(14)8(18)11(21)7(3)17)2-5(15)9(19)12(22)10(20)6(2)16;2*1-7-5-6-8-3-2-4-9(12)10(8)11-7;;/h21-22H;2*7-10H,2-6H2,1H3;;/q;2*-2;2*+3/p-2. The number of hydrogen-bond donors (Lipinski definition) is 0. The van der Waals surface area contributed by atoms with Gasteiger partial charge >= 0.3 is 286 Å². The molecule has 0 N–H and O–H groups in total. The molecule has 0 amide bonds. The summed E-state index contributed by atoms with van der Waals surface area (Å²) in [6.45, 7) is 3.85. The Labute approximate surface area is 285 Å². The van der Waals surface area contributed by atoms with Gasteiger partial charge in [-0.15, -0.1) is 0 Å². The molecular weight excluding hydrogens is 768 g/mol. The summed E-state index contributed by atoms with van der Waals surface area (Å²) in [4.78, 5) is 0. The SMILES string of the molecule is CC1CCC2CCCC3[O][Ga]([O]c4c(F)c(F)c(-c5c(F)c(F)c([O][Ga]6[O]C7CCCC8CCC(C)[N]6C87)c(F)c5F)c(F)c4F)[N]1C23. The van der Waals surface area contributed by atoms with Gasteiger partial charge in [0.25, 0.3) is 0 Å². The third-order valence-corrected chi connectivity index (χ3v) is 21.6. The Morgan fingerprint density at radius 2 is 0.854 bits per heavy atom. The van der Waals surface area contributed by atoms with E-state index in [2.05, 4.69) is 0 Å². The van der Waals surface area contributed by atoms with E-state index in [0.717, 1.165) is 51.4 Å². The van der Waals surface area contributed by atoms with Gasteiger partial charge in [-0.3, -0.25) is 0 Å². The second-order valence-corrected chi connectivity index (χ2v) is 21.4. The van der Waals surface area contributed by atoms with Crippen molar-refractivity contribution < 1.29 is 49.2 Å². The molecule has 6 aliphatic rings. The summed E-state index contributed by atoms with van der Waals surface area (Å²) in [5.41, 5.74) is -3.87. The van der Waals surface area contributed by atoms with Gasteiger partial charge in [-0.1, -0.05) is 0 Å². The van der Waals surface area contributed by atoms with Crippen molar-refractivity contribution in [3.63, 3.8) is 0 Å². The first kappa shape index (κ1) is 33.7. The van der Waals surface area contributed by atoms with E-state index in [4.69, 9.17) is 14.1 Å². The number of halogens is 8. The van der Waals surface area contributed by atoms with Crippen LogP contribution < -0.4 is 7.06 Å². The van der Waals surface area contributed by atoms with Crippen LogP contribution in [-0.4, -0.2) is 78.0 Å². The Kier molecular flexibility index (Phi) is 8.90. The van der Waals surface area contributed by atoms with Crippen LogP contribution in [0.15, 0.2) is 0 Å². The molecule has 48 heavy (non-hydrogen) atoms. The molecule has 8 unspecified atom stereocenters. The average molecular weight is 802 g/mol. The Bertz CT molecular complexity index is 1470. The van der Waals surface area contributed by atoms with Crippen LogP contribution in [0, 0.1) is 58.4 Å². The molecule has 0 bridgehead atoms. The molecule has 8 rings (SSSR count). The average Bonchev–Trinajstić information content (AvgIpc) is 3.65. The monoisotopic (exact) mass is 800 g/mol. The maximum absolute atomic E-state index is 15.6. The molecule has 0 spiro atoms. The summed E-state index contributed by atoms with van der Waals surface area (Å²) >= 11 is -7.46. The Balaban J connectivity index is 1.12. The van der Waals surface area contributed by atoms with Crippen LogP contribution in [0.25, 0.3) is 11.1 Å². The van der Waals surface area contributed by atoms with E-state index in [9.17, 15) is 0 Å². The number of benzene rings is 2. The molecule has 0 radical (unpaired) electrons. The van der Waals surface area contributed by atoms with Crippen LogP contribution in [0.3, 0.4) is 0 Å². The normalized spacial score (nSPS) is 33.2. The van der Waals surface area contributed by atoms with E-state index in [1.54, 1.807) is 0 Å². The van der Waals surface area contributed by atoms with Gasteiger partial charge in [-0.2, -0.15) is 0 Å². The number of hydrogen-bond acceptors (Lipinski definition) is 6. The molecule has 2 saturated carbocycles. The Hall–Kier alpha value is -1.41. The fraction of sp³-hybridized carbons (Fsp3) is 0.625. The van der Waals surface area contributed by atoms with Gasteiger partial charge in [0.1, 0.15) is 0 Å². The fourth-order valence-corrected chi connectivity index (χ4v) is 20.4. The van der Waals surface area contributed by atoms with Crippen molar-refractivity contribution in [3.8, 4) is 22.6 Å². The van der Waals surface area contributed by atoms with Crippen molar-refractivity contribution in [1.82, 2.24) is 7.21 Å². The third kappa shape index (κ3) is 5.12. The zero-order chi connectivity index (χ0) is 33.8. The first-order valence-electron chi connectivity index (χ1n) is 16.9. The molecule has 258 valence electrons. The molecule has 6 fully saturated rings. The zero-order valence-electron chi connectivity index (χ0n) is 26.4. The van der Waals surface area contributed by atoms with E-state index >= 15 is 35.1 Å². The minimum atomic E-state index is -3.73. The molecule has 4 aliphatic heterocycles. The van der Waals surface area contributed by atoms with E-state index in [1.165, 1.54) is 0 Å². The predicted octanol–water partition coefficient (Wildman–Crippen LogP) is 7.30. The van der Waals surface area contributed by atoms with E-state index in [0.29, 0.717) is 24.7 Å². The van der Waals surface area contributed by atoms with Crippen molar-refractivity contribution in [2.75, 3.05) is 0 Å². The van der Waals surface area contributed by atoms with Gasteiger partial charge in [0.05, 0.1) is 0 Å². The fourth-order valence-electron chi connectivity index (χ4n) is 9.43. The van der Waals surface area contributed by atoms with E-state index in [-0.39, 0.29) is 36.4 Å². The molecule has 4 heterocycles. The van der Waals surface area contributed by atoms with Crippen LogP contribution in [0.5, 0.6) is 11.5 Å². The summed E-state index contributed by atoms with van der Waals surface area (Å²) in [6, 6.07) is -0.136. The maximum atomic E-state index is 15.6. The molecule has 6 nitrogen and oxygen atoms in total. The minimum absolute atomic E-state index is 0.0233. The molecular formula is C32H34F8Ga2N2O4. The molecule has 0 aromatic heterocycles. The van der Waals surface area contributed by atoms with Gasteiger partial charge in [-0.25, -0.2) is 0 Å². The molecule has 16 heteroatoms. The Morgan fingerprint density at radius 1 is 0.500 bits per heavy atom. The summed E-state index contributed by atoms with van der Waals surface area (Å²) in [6.07, 6.45) is 8.23. The van der Waals surface area contributed by atoms with Crippen LogP contribution in [0.1, 0.15) is 78.1 Å². The topological polar surface area (TPSA) is 43.4 Å². The number of rotatable bonds is 5. The third-order valence-electron chi connectivity index (χ3n) is 11.7. The summed E-state index contributed by atoms with van der Waals surface area (Å²) < 4.78 is 152. The molecule has 4 saturated heterocycles. The van der Waals surface area contributed by atoms with Crippen LogP contribution in [-0.2, 0) is 7.06 Å². The van der Waals surface area contributed by atoms with E-state index in [1.807, 2.05) is 21.1 Å². The number of piperidine rings is 2. The molecule has 8 atom stereocenters. The van der Waals surface area contributed by atoms with Crippen molar-refractivity contribution >= 4 is 34.4 Å². The first-order valence-corrected chi connectivity index (χ1v) is 23.0. The molecule has 2 aromatic carbocycles. The Morgan fingerprint density at radius 3 is 1.21 bits per heavy atom. The predicted molar refractivity (Wildman–Crippen MR) is 157 cm³/mol. The van der Waals surface area contributed by atoms with Crippen LogP contribution in [0.2, 0.25) is 0 Å². The van der Waals surface area contributed by atoms with Crippen LogP contribution in [0.4, 0.5) is 35.1 Å². The zero-order valence-corrected chi connectivity index (χ0v) is 31.2. The van der Waals surface area contributed by atoms with Gasteiger partial charge in [0.2, 0.25) is 0 Å². The first-order chi connectivity index (χ1) is 23.0. The summed E-state index contributed by atoms with van der Waals surface area (Å²) in [5.74, 6) is -19.6. The van der Waals surface area contributed by atoms with Gasteiger partial charge < -0.3 is 0 Å². The second kappa shape index (κ2) is 12.7. The van der Waals surface area contributed by atoms with Crippen molar-refractivity contribution in [1.29, 1.82) is 0 Å². The second-order valence-electron chi connectivity index (χ2n) is 14.2. The van der Waals surface area contributed by atoms with Crippen molar-refractivity contribution in [2.24, 2.45) is 11.8 Å². The van der Waals surface area contributed by atoms with Crippen LogP contribution >= 0.6 is 0 Å². The van der Waals surface area contributed by atoms with E-state index < -0.39 is 104 Å². The summed E-state index contributed by atoms with van der Waals surface area (Å²) in [5, 5.41) is 0. The van der Waals surface area contributed by atoms with Crippen molar-refractivity contribution in [3.05, 3.63) is 46.5 Å². The summed E-state index contributed by atoms with van der Waals surface area (Å²) in [7, 11) is 0. The molecule has 2 aliphatic carbocycles. The van der Waals surface area contributed by atoms with Gasteiger partial charge in [0, 0.05) is 0 Å². The molecule has 2 aromatic rings. The number of nitrogens with zero attached hydrogens (tertiary/aromatic N) is 2. The van der Waals surface area contributed by atoms with Gasteiger partial charge in [0.15, 0.2) is 0 Å². The van der Waals surface area contributed by atoms with Crippen molar-refractivity contribution in [2.45, 2.75) is 114 Å². The van der Waals surface area contributed by atoms with Gasteiger partial charge in [-0.05, 0) is 0 Å².